The monoisotopic (exact) mass is 482 g/mol. The number of carbonyl (C=O) groups excluding carboxylic acids is 1. The number of hydrazone groups is 1. The largest absolute Gasteiger partial charge is 0.494 e. The number of nitrogens with one attached hydrogen (secondary N) is 1. The molecule has 3 rings (SSSR count). The Morgan fingerprint density at radius 3 is 2.35 bits per heavy atom. The minimum Gasteiger partial charge on any atom is -0.494 e. The van der Waals surface area contributed by atoms with E-state index in [0.29, 0.717) is 29.2 Å². The molecule has 0 unspecified atom stereocenters. The van der Waals surface area contributed by atoms with E-state index in [4.69, 9.17) is 14.2 Å². The zero-order valence-corrected chi connectivity index (χ0v) is 20.0. The van der Waals surface area contributed by atoms with E-state index in [1.807, 2.05) is 13.8 Å². The molecule has 9 heteroatoms. The number of benzene rings is 3. The highest BCUT2D eigenvalue weighted by Gasteiger charge is 2.14. The summed E-state index contributed by atoms with van der Waals surface area (Å²) in [6.45, 7) is 4.49. The van der Waals surface area contributed by atoms with E-state index >= 15 is 0 Å². The average molecular weight is 483 g/mol. The highest BCUT2D eigenvalue weighted by Crippen LogP contribution is 2.28. The Hall–Kier alpha value is -3.85. The predicted octanol–water partition coefficient (Wildman–Crippen LogP) is 4.32. The van der Waals surface area contributed by atoms with Gasteiger partial charge in [-0.1, -0.05) is 24.6 Å². The molecule has 0 saturated heterocycles. The lowest BCUT2D eigenvalue weighted by molar-refractivity contribution is 0.0729. The second-order valence-corrected chi connectivity index (χ2v) is 9.00. The first-order valence-corrected chi connectivity index (χ1v) is 12.1. The number of carbonyl (C=O) groups is 1. The van der Waals surface area contributed by atoms with Gasteiger partial charge in [0.25, 0.3) is 10.0 Å². The van der Waals surface area contributed by atoms with E-state index in [-0.39, 0.29) is 10.6 Å². The highest BCUT2D eigenvalue weighted by molar-refractivity contribution is 7.89. The van der Waals surface area contributed by atoms with Gasteiger partial charge >= 0.3 is 5.97 Å². The number of methoxy groups -OCH3 is 1. The lowest BCUT2D eigenvalue weighted by Crippen LogP contribution is -2.18. The molecular weight excluding hydrogens is 456 g/mol. The Morgan fingerprint density at radius 2 is 1.71 bits per heavy atom. The van der Waals surface area contributed by atoms with E-state index in [1.165, 1.54) is 25.5 Å². The third-order valence-corrected chi connectivity index (χ3v) is 5.91. The maximum Gasteiger partial charge on any atom is 0.343 e. The fourth-order valence-electron chi connectivity index (χ4n) is 2.86. The van der Waals surface area contributed by atoms with Gasteiger partial charge < -0.3 is 14.2 Å². The molecule has 0 heterocycles. The van der Waals surface area contributed by atoms with Crippen molar-refractivity contribution < 1.29 is 27.4 Å². The second-order valence-electron chi connectivity index (χ2n) is 7.34. The third-order valence-electron chi connectivity index (χ3n) is 4.67. The SMILES string of the molecule is CCCOc1ccc(C(=O)Oc2ccc(C=NNS(=O)(=O)c3ccc(C)cc3)cc2OC)cc1. The molecule has 0 aliphatic rings. The van der Waals surface area contributed by atoms with Crippen LogP contribution in [-0.2, 0) is 10.0 Å². The van der Waals surface area contributed by atoms with E-state index in [1.54, 1.807) is 54.6 Å². The minimum atomic E-state index is -3.78. The van der Waals surface area contributed by atoms with Crippen molar-refractivity contribution in [2.75, 3.05) is 13.7 Å². The molecule has 0 aromatic heterocycles. The van der Waals surface area contributed by atoms with E-state index in [0.717, 1.165) is 12.0 Å². The number of nitrogens with zero attached hydrogens (tertiary/aromatic N) is 1. The number of ether oxygens (including phenoxy) is 3. The smallest absolute Gasteiger partial charge is 0.343 e. The van der Waals surface area contributed by atoms with Gasteiger partial charge in [0.15, 0.2) is 11.5 Å². The van der Waals surface area contributed by atoms with Crippen molar-refractivity contribution in [3.8, 4) is 17.2 Å². The van der Waals surface area contributed by atoms with Crippen molar-refractivity contribution in [3.05, 3.63) is 83.4 Å². The maximum absolute atomic E-state index is 12.5. The topological polar surface area (TPSA) is 103 Å². The number of aryl methyl sites for hydroxylation is 1. The Bertz CT molecular complexity index is 1250. The van der Waals surface area contributed by atoms with Crippen molar-refractivity contribution in [2.24, 2.45) is 5.10 Å². The van der Waals surface area contributed by atoms with Gasteiger partial charge in [0.05, 0.1) is 30.4 Å². The Labute approximate surface area is 199 Å². The van der Waals surface area contributed by atoms with Gasteiger partial charge in [-0.2, -0.15) is 13.5 Å². The van der Waals surface area contributed by atoms with Gasteiger partial charge in [0.1, 0.15) is 5.75 Å². The Balaban J connectivity index is 1.66. The molecule has 0 amide bonds. The van der Waals surface area contributed by atoms with Crippen molar-refractivity contribution in [1.82, 2.24) is 4.83 Å². The van der Waals surface area contributed by atoms with Crippen LogP contribution in [0.1, 0.15) is 34.8 Å². The van der Waals surface area contributed by atoms with Crippen LogP contribution in [0.2, 0.25) is 0 Å². The molecule has 3 aromatic rings. The van der Waals surface area contributed by atoms with Crippen LogP contribution in [0.25, 0.3) is 0 Å². The number of rotatable bonds is 10. The van der Waals surface area contributed by atoms with Crippen LogP contribution in [0.15, 0.2) is 76.7 Å². The van der Waals surface area contributed by atoms with Crippen LogP contribution >= 0.6 is 0 Å². The lowest BCUT2D eigenvalue weighted by Gasteiger charge is -2.10. The summed E-state index contributed by atoms with van der Waals surface area (Å²) < 4.78 is 40.9. The summed E-state index contributed by atoms with van der Waals surface area (Å²) in [6.07, 6.45) is 2.22. The van der Waals surface area contributed by atoms with Crippen molar-refractivity contribution >= 4 is 22.2 Å². The van der Waals surface area contributed by atoms with E-state index < -0.39 is 16.0 Å². The van der Waals surface area contributed by atoms with E-state index in [9.17, 15) is 13.2 Å². The van der Waals surface area contributed by atoms with Crippen LogP contribution < -0.4 is 19.0 Å². The molecule has 0 aliphatic heterocycles. The minimum absolute atomic E-state index is 0.111. The number of sulfonamides is 1. The fourth-order valence-corrected chi connectivity index (χ4v) is 3.65. The average Bonchev–Trinajstić information content (AvgIpc) is 2.84. The first kappa shape index (κ1) is 24.8. The van der Waals surface area contributed by atoms with Crippen molar-refractivity contribution in [2.45, 2.75) is 25.2 Å². The lowest BCUT2D eigenvalue weighted by atomic mass is 10.2. The van der Waals surface area contributed by atoms with Gasteiger partial charge in [-0.25, -0.2) is 9.63 Å². The maximum atomic E-state index is 12.5. The molecule has 0 radical (unpaired) electrons. The first-order valence-electron chi connectivity index (χ1n) is 10.6. The second kappa shape index (κ2) is 11.3. The molecule has 0 aliphatic carbocycles. The highest BCUT2D eigenvalue weighted by atomic mass is 32.2. The normalized spacial score (nSPS) is 11.3. The van der Waals surface area contributed by atoms with Gasteiger partial charge in [-0.05, 0) is 73.5 Å². The van der Waals surface area contributed by atoms with Gasteiger partial charge in [0.2, 0.25) is 0 Å². The standard InChI is InChI=1S/C25H26N2O6S/c1-4-15-32-21-10-8-20(9-11-21)25(28)33-23-14-7-19(16-24(23)31-3)17-26-27-34(29,30)22-12-5-18(2)6-13-22/h5-14,16-17,27H,4,15H2,1-3H3. The van der Waals surface area contributed by atoms with Crippen LogP contribution in [0, 0.1) is 6.92 Å². The third kappa shape index (κ3) is 6.58. The summed E-state index contributed by atoms with van der Waals surface area (Å²) >= 11 is 0. The van der Waals surface area contributed by atoms with Gasteiger partial charge in [0, 0.05) is 0 Å². The molecule has 0 atom stereocenters. The number of esters is 1. The molecule has 8 nitrogen and oxygen atoms in total. The summed E-state index contributed by atoms with van der Waals surface area (Å²) in [5.74, 6) is 0.642. The summed E-state index contributed by atoms with van der Waals surface area (Å²) in [6, 6.07) is 17.8. The number of hydrogen-bond donors (Lipinski definition) is 1. The van der Waals surface area contributed by atoms with Gasteiger partial charge in [-0.3, -0.25) is 0 Å². The van der Waals surface area contributed by atoms with Crippen LogP contribution in [0.4, 0.5) is 0 Å². The molecular formula is C25H26N2O6S. The molecule has 0 saturated carbocycles. The molecule has 0 fully saturated rings. The first-order chi connectivity index (χ1) is 16.3. The predicted molar refractivity (Wildman–Crippen MR) is 129 cm³/mol. The molecule has 3 aromatic carbocycles. The zero-order valence-electron chi connectivity index (χ0n) is 19.1. The summed E-state index contributed by atoms with van der Waals surface area (Å²) in [5, 5.41) is 3.82. The van der Waals surface area contributed by atoms with E-state index in [2.05, 4.69) is 9.93 Å². The van der Waals surface area contributed by atoms with Crippen LogP contribution in [0.3, 0.4) is 0 Å². The van der Waals surface area contributed by atoms with Crippen molar-refractivity contribution in [1.29, 1.82) is 0 Å². The number of hydrogen-bond acceptors (Lipinski definition) is 7. The van der Waals surface area contributed by atoms with Crippen LogP contribution in [-0.4, -0.2) is 34.3 Å². The molecule has 1 N–H and O–H groups in total. The van der Waals surface area contributed by atoms with Gasteiger partial charge in [-0.15, -0.1) is 0 Å². The molecule has 34 heavy (non-hydrogen) atoms. The molecule has 0 spiro atoms. The fraction of sp³-hybridized carbons (Fsp3) is 0.200. The Kier molecular flexibility index (Phi) is 8.26. The van der Waals surface area contributed by atoms with Crippen molar-refractivity contribution in [3.63, 3.8) is 0 Å². The zero-order chi connectivity index (χ0) is 24.6. The quantitative estimate of drug-likeness (QED) is 0.200. The summed E-state index contributed by atoms with van der Waals surface area (Å²) in [4.78, 5) is 14.8. The summed E-state index contributed by atoms with van der Waals surface area (Å²) in [5.41, 5.74) is 1.86. The van der Waals surface area contributed by atoms with Crippen LogP contribution in [0.5, 0.6) is 17.2 Å². The molecule has 0 bridgehead atoms. The summed E-state index contributed by atoms with van der Waals surface area (Å²) in [7, 11) is -2.35. The Morgan fingerprint density at radius 1 is 1.00 bits per heavy atom. The molecule has 178 valence electrons.